The van der Waals surface area contributed by atoms with Gasteiger partial charge >= 0.3 is 0 Å². The highest BCUT2D eigenvalue weighted by Crippen LogP contribution is 2.25. The van der Waals surface area contributed by atoms with Crippen LogP contribution in [0.25, 0.3) is 0 Å². The van der Waals surface area contributed by atoms with E-state index in [4.69, 9.17) is 0 Å². The molecule has 2 saturated heterocycles. The molecule has 3 unspecified atom stereocenters. The summed E-state index contributed by atoms with van der Waals surface area (Å²) in [4.78, 5) is 14.3. The molecule has 0 aromatic heterocycles. The van der Waals surface area contributed by atoms with E-state index in [0.29, 0.717) is 5.92 Å². The number of nitrogens with zero attached hydrogens (tertiary/aromatic N) is 1. The zero-order valence-electron chi connectivity index (χ0n) is 13.1. The molecular formula is C14H27Cl2F2N3O. The van der Waals surface area contributed by atoms with Crippen molar-refractivity contribution < 1.29 is 13.6 Å². The van der Waals surface area contributed by atoms with E-state index in [1.807, 2.05) is 6.92 Å². The van der Waals surface area contributed by atoms with Gasteiger partial charge in [-0.05, 0) is 32.2 Å². The van der Waals surface area contributed by atoms with Gasteiger partial charge < -0.3 is 10.2 Å². The van der Waals surface area contributed by atoms with Crippen LogP contribution in [0.15, 0.2) is 0 Å². The normalized spacial score (nSPS) is 29.1. The molecule has 0 radical (unpaired) electrons. The van der Waals surface area contributed by atoms with Gasteiger partial charge in [-0.1, -0.05) is 6.92 Å². The monoisotopic (exact) mass is 361 g/mol. The molecule has 22 heavy (non-hydrogen) atoms. The van der Waals surface area contributed by atoms with Crippen molar-refractivity contribution in [3.8, 4) is 0 Å². The van der Waals surface area contributed by atoms with Crippen molar-refractivity contribution in [1.29, 1.82) is 0 Å². The van der Waals surface area contributed by atoms with Gasteiger partial charge in [-0.2, -0.15) is 0 Å². The number of alkyl halides is 2. The van der Waals surface area contributed by atoms with E-state index < -0.39 is 24.9 Å². The average molecular weight is 362 g/mol. The molecule has 132 valence electrons. The van der Waals surface area contributed by atoms with Crippen LogP contribution in [0.1, 0.15) is 33.1 Å². The summed E-state index contributed by atoms with van der Waals surface area (Å²) < 4.78 is 26.1. The molecule has 0 aromatic carbocycles. The SMILES string of the molecule is CC1CCCN(CC(C)NC(=O)C2CC(F)(F)CN2)C1.Cl.Cl. The fourth-order valence-corrected chi connectivity index (χ4v) is 3.13. The molecule has 0 saturated carbocycles. The molecule has 8 heteroatoms. The molecule has 0 bridgehead atoms. The van der Waals surface area contributed by atoms with E-state index in [0.717, 1.165) is 19.6 Å². The molecular weight excluding hydrogens is 335 g/mol. The number of hydrogen-bond acceptors (Lipinski definition) is 3. The predicted octanol–water partition coefficient (Wildman–Crippen LogP) is 2.06. The van der Waals surface area contributed by atoms with E-state index in [2.05, 4.69) is 22.5 Å². The smallest absolute Gasteiger partial charge is 0.262 e. The van der Waals surface area contributed by atoms with Gasteiger partial charge in [0.05, 0.1) is 12.6 Å². The summed E-state index contributed by atoms with van der Waals surface area (Å²) in [5.74, 6) is -2.37. The maximum absolute atomic E-state index is 13.1. The maximum atomic E-state index is 13.1. The molecule has 2 aliphatic heterocycles. The number of likely N-dealkylation sites (tertiary alicyclic amines) is 1. The summed E-state index contributed by atoms with van der Waals surface area (Å²) in [5, 5.41) is 5.43. The van der Waals surface area contributed by atoms with Crippen molar-refractivity contribution >= 4 is 30.7 Å². The van der Waals surface area contributed by atoms with Crippen molar-refractivity contribution in [2.45, 2.75) is 51.1 Å². The lowest BCUT2D eigenvalue weighted by molar-refractivity contribution is -0.124. The Balaban J connectivity index is 0.00000220. The zero-order chi connectivity index (χ0) is 14.8. The number of carbonyl (C=O) groups is 1. The van der Waals surface area contributed by atoms with E-state index in [-0.39, 0.29) is 36.8 Å². The predicted molar refractivity (Wildman–Crippen MR) is 88.3 cm³/mol. The summed E-state index contributed by atoms with van der Waals surface area (Å²) in [6, 6.07) is -0.767. The third kappa shape index (κ3) is 6.52. The fourth-order valence-electron chi connectivity index (χ4n) is 3.13. The quantitative estimate of drug-likeness (QED) is 0.805. The lowest BCUT2D eigenvalue weighted by atomic mass is 10.00. The lowest BCUT2D eigenvalue weighted by Crippen LogP contribution is -2.49. The van der Waals surface area contributed by atoms with Crippen molar-refractivity contribution in [3.05, 3.63) is 0 Å². The summed E-state index contributed by atoms with van der Waals surface area (Å²) in [6.45, 7) is 6.68. The molecule has 2 N–H and O–H groups in total. The summed E-state index contributed by atoms with van der Waals surface area (Å²) in [6.07, 6.45) is 2.06. The standard InChI is InChI=1S/C14H25F2N3O.2ClH/c1-10-4-3-5-19(7-10)8-11(2)18-13(20)12-6-14(15,16)9-17-12;;/h10-12,17H,3-9H2,1-2H3,(H,18,20);2*1H. The zero-order valence-corrected chi connectivity index (χ0v) is 14.7. The maximum Gasteiger partial charge on any atom is 0.262 e. The molecule has 2 fully saturated rings. The number of piperidine rings is 1. The first-order valence-electron chi connectivity index (χ1n) is 7.50. The van der Waals surface area contributed by atoms with E-state index >= 15 is 0 Å². The van der Waals surface area contributed by atoms with Gasteiger partial charge in [-0.3, -0.25) is 10.1 Å². The highest BCUT2D eigenvalue weighted by molar-refractivity contribution is 5.85. The van der Waals surface area contributed by atoms with Crippen LogP contribution in [0.4, 0.5) is 8.78 Å². The molecule has 4 nitrogen and oxygen atoms in total. The topological polar surface area (TPSA) is 44.4 Å². The van der Waals surface area contributed by atoms with Crippen molar-refractivity contribution in [2.24, 2.45) is 5.92 Å². The Hall–Kier alpha value is -0.170. The van der Waals surface area contributed by atoms with Crippen LogP contribution in [-0.4, -0.2) is 55.0 Å². The second-order valence-corrected chi connectivity index (χ2v) is 6.41. The number of rotatable bonds is 4. The first-order valence-corrected chi connectivity index (χ1v) is 7.50. The molecule has 1 amide bonds. The van der Waals surface area contributed by atoms with Crippen molar-refractivity contribution in [3.63, 3.8) is 0 Å². The highest BCUT2D eigenvalue weighted by atomic mass is 35.5. The Kier molecular flexibility index (Phi) is 9.13. The van der Waals surface area contributed by atoms with Crippen LogP contribution in [0.2, 0.25) is 0 Å². The van der Waals surface area contributed by atoms with Crippen LogP contribution in [-0.2, 0) is 4.79 Å². The van der Waals surface area contributed by atoms with Crippen LogP contribution in [0, 0.1) is 5.92 Å². The van der Waals surface area contributed by atoms with Gasteiger partial charge in [-0.25, -0.2) is 8.78 Å². The van der Waals surface area contributed by atoms with Crippen LogP contribution in [0.3, 0.4) is 0 Å². The van der Waals surface area contributed by atoms with E-state index in [9.17, 15) is 13.6 Å². The van der Waals surface area contributed by atoms with Gasteiger partial charge in [0.25, 0.3) is 5.92 Å². The van der Waals surface area contributed by atoms with E-state index in [1.54, 1.807) is 0 Å². The van der Waals surface area contributed by atoms with Gasteiger partial charge in [0.1, 0.15) is 0 Å². The molecule has 3 atom stereocenters. The number of halogens is 4. The van der Waals surface area contributed by atoms with Gasteiger partial charge in [-0.15, -0.1) is 24.8 Å². The Morgan fingerprint density at radius 1 is 1.45 bits per heavy atom. The first-order chi connectivity index (χ1) is 9.35. The van der Waals surface area contributed by atoms with Crippen molar-refractivity contribution in [1.82, 2.24) is 15.5 Å². The minimum Gasteiger partial charge on any atom is -0.351 e. The molecule has 2 aliphatic rings. The Morgan fingerprint density at radius 2 is 2.14 bits per heavy atom. The second-order valence-electron chi connectivity index (χ2n) is 6.41. The van der Waals surface area contributed by atoms with Crippen LogP contribution in [0.5, 0.6) is 0 Å². The van der Waals surface area contributed by atoms with Gasteiger partial charge in [0.15, 0.2) is 0 Å². The second kappa shape index (κ2) is 9.21. The molecule has 2 rings (SSSR count). The Labute approximate surface area is 143 Å². The molecule has 0 spiro atoms. The molecule has 2 heterocycles. The summed E-state index contributed by atoms with van der Waals surface area (Å²) >= 11 is 0. The minimum absolute atomic E-state index is 0. The Bertz CT molecular complexity index is 361. The highest BCUT2D eigenvalue weighted by Gasteiger charge is 2.42. The number of nitrogens with one attached hydrogen (secondary N) is 2. The lowest BCUT2D eigenvalue weighted by Gasteiger charge is -2.33. The van der Waals surface area contributed by atoms with Gasteiger partial charge in [0, 0.05) is 25.6 Å². The molecule has 0 aromatic rings. The Morgan fingerprint density at radius 3 is 2.68 bits per heavy atom. The first kappa shape index (κ1) is 21.8. The van der Waals surface area contributed by atoms with Gasteiger partial charge in [0.2, 0.25) is 5.91 Å². The van der Waals surface area contributed by atoms with Crippen molar-refractivity contribution in [2.75, 3.05) is 26.2 Å². The largest absolute Gasteiger partial charge is 0.351 e. The molecule has 0 aliphatic carbocycles. The third-order valence-electron chi connectivity index (χ3n) is 4.09. The van der Waals surface area contributed by atoms with Crippen LogP contribution >= 0.6 is 24.8 Å². The summed E-state index contributed by atoms with van der Waals surface area (Å²) in [5.41, 5.74) is 0. The minimum atomic E-state index is -2.76. The van der Waals surface area contributed by atoms with E-state index in [1.165, 1.54) is 12.8 Å². The fraction of sp³-hybridized carbons (Fsp3) is 0.929. The number of amides is 1. The summed E-state index contributed by atoms with van der Waals surface area (Å²) in [7, 11) is 0. The number of carbonyl (C=O) groups excluding carboxylic acids is 1. The average Bonchev–Trinajstić information content (AvgIpc) is 2.69. The number of hydrogen-bond donors (Lipinski definition) is 2. The van der Waals surface area contributed by atoms with Crippen LogP contribution < -0.4 is 10.6 Å². The third-order valence-corrected chi connectivity index (χ3v) is 4.09.